The van der Waals surface area contributed by atoms with Crippen LogP contribution in [0.2, 0.25) is 0 Å². The van der Waals surface area contributed by atoms with E-state index < -0.39 is 21.8 Å². The van der Waals surface area contributed by atoms with Crippen LogP contribution in [-0.2, 0) is 4.79 Å². The maximum atomic E-state index is 13.4. The fourth-order valence-electron chi connectivity index (χ4n) is 2.04. The fourth-order valence-corrected chi connectivity index (χ4v) is 2.37. The second kappa shape index (κ2) is 12.3. The second-order valence-corrected chi connectivity index (χ2v) is 6.57. The summed E-state index contributed by atoms with van der Waals surface area (Å²) in [4.78, 5) is 12.1. The van der Waals surface area contributed by atoms with Gasteiger partial charge in [-0.2, -0.15) is 4.39 Å². The van der Waals surface area contributed by atoms with Gasteiger partial charge in [0.15, 0.2) is 15.8 Å². The molecular weight excluding hydrogens is 430 g/mol. The summed E-state index contributed by atoms with van der Waals surface area (Å²) >= 11 is 1.10. The molecule has 1 amide bonds. The van der Waals surface area contributed by atoms with Gasteiger partial charge in [0.1, 0.15) is 0 Å². The lowest BCUT2D eigenvalue weighted by atomic mass is 10.0. The highest BCUT2D eigenvalue weighted by molar-refractivity contribution is 14.1. The van der Waals surface area contributed by atoms with Crippen molar-refractivity contribution in [2.75, 3.05) is 0 Å². The Morgan fingerprint density at radius 2 is 1.92 bits per heavy atom. The van der Waals surface area contributed by atoms with Crippen molar-refractivity contribution in [1.29, 1.82) is 0 Å². The molecule has 3 atom stereocenters. The molecule has 0 saturated carbocycles. The van der Waals surface area contributed by atoms with Crippen molar-refractivity contribution in [3.05, 3.63) is 46.1 Å². The third-order valence-corrected chi connectivity index (χ3v) is 4.02. The summed E-state index contributed by atoms with van der Waals surface area (Å²) in [6, 6.07) is -0.0924. The average molecular weight is 455 g/mol. The number of hydrogen-bond acceptors (Lipinski definition) is 1. The van der Waals surface area contributed by atoms with Gasteiger partial charge >= 0.3 is 0 Å². The smallest absolute Gasteiger partial charge is 0.223 e. The number of carbonyl (C=O) groups excluding carboxylic acids is 1. The zero-order chi connectivity index (χ0) is 18.7. The van der Waals surface area contributed by atoms with E-state index in [1.165, 1.54) is 0 Å². The van der Waals surface area contributed by atoms with Gasteiger partial charge in [-0.3, -0.25) is 4.79 Å². The molecule has 24 heavy (non-hydrogen) atoms. The van der Waals surface area contributed by atoms with Crippen molar-refractivity contribution in [3.8, 4) is 0 Å². The Kier molecular flexibility index (Phi) is 11.8. The molecule has 0 aromatic rings. The molecule has 0 spiro atoms. The third kappa shape index (κ3) is 9.30. The fraction of sp³-hybridized carbons (Fsp3) is 0.500. The van der Waals surface area contributed by atoms with E-state index in [4.69, 9.17) is 0 Å². The zero-order valence-corrected chi connectivity index (χ0v) is 16.4. The zero-order valence-electron chi connectivity index (χ0n) is 14.3. The maximum absolute atomic E-state index is 13.4. The lowest BCUT2D eigenvalue weighted by Gasteiger charge is -2.18. The van der Waals surface area contributed by atoms with E-state index in [9.17, 15) is 18.0 Å². The van der Waals surface area contributed by atoms with Crippen molar-refractivity contribution in [3.63, 3.8) is 0 Å². The summed E-state index contributed by atoms with van der Waals surface area (Å²) in [7, 11) is 0. The first-order valence-corrected chi connectivity index (χ1v) is 8.90. The number of rotatable bonds is 10. The lowest BCUT2D eigenvalue weighted by Crippen LogP contribution is -2.36. The number of amides is 1. The first kappa shape index (κ1) is 22.9. The predicted octanol–water partition coefficient (Wildman–Crippen LogP) is 5.87. The van der Waals surface area contributed by atoms with E-state index in [0.29, 0.717) is 6.42 Å². The molecule has 2 nitrogen and oxygen atoms in total. The topological polar surface area (TPSA) is 29.1 Å². The van der Waals surface area contributed by atoms with Crippen LogP contribution in [0.4, 0.5) is 13.2 Å². The van der Waals surface area contributed by atoms with Crippen molar-refractivity contribution in [2.24, 2.45) is 5.92 Å². The van der Waals surface area contributed by atoms with Crippen molar-refractivity contribution in [1.82, 2.24) is 5.32 Å². The van der Waals surface area contributed by atoms with Crippen molar-refractivity contribution >= 4 is 28.5 Å². The minimum absolute atomic E-state index is 0.0924. The van der Waals surface area contributed by atoms with Gasteiger partial charge < -0.3 is 5.32 Å². The molecular formula is C18H25F3INO. The number of alkyl halides is 1. The van der Waals surface area contributed by atoms with Gasteiger partial charge in [0, 0.05) is 12.0 Å². The molecule has 0 saturated heterocycles. The molecule has 6 heteroatoms. The molecule has 0 bridgehead atoms. The highest BCUT2D eigenvalue weighted by atomic mass is 127. The highest BCUT2D eigenvalue weighted by Gasteiger charge is 2.21. The molecule has 0 aromatic heterocycles. The molecule has 0 aliphatic rings. The van der Waals surface area contributed by atoms with Crippen molar-refractivity contribution < 1.29 is 18.0 Å². The summed E-state index contributed by atoms with van der Waals surface area (Å²) in [6.45, 7) is 9.04. The Balaban J connectivity index is 4.42. The van der Waals surface area contributed by atoms with Gasteiger partial charge in [0.25, 0.3) is 0 Å². The standard InChI is InChI=1S/C18H25F3INO/c1-5-7-8-14(6-2)11-13(4)23-18(24)12(3)9-10-15(19)16(20)17(21)22/h5-8,12-13,15H,1,9-11H2,2-4H3,(H,23,24)/b8-7-,14-6+,17-16+/t12-,13+,15+/m0/s1. The summed E-state index contributed by atoms with van der Waals surface area (Å²) < 4.78 is 37.9. The van der Waals surface area contributed by atoms with Crippen LogP contribution in [-0.4, -0.2) is 18.1 Å². The first-order valence-electron chi connectivity index (χ1n) is 7.82. The summed E-state index contributed by atoms with van der Waals surface area (Å²) in [5, 5.41) is 2.85. The molecule has 0 unspecified atom stereocenters. The molecule has 0 fully saturated rings. The number of allylic oxidation sites excluding steroid dienone is 5. The Bertz CT molecular complexity index is 510. The van der Waals surface area contributed by atoms with Crippen LogP contribution < -0.4 is 5.32 Å². The molecule has 136 valence electrons. The second-order valence-electron chi connectivity index (χ2n) is 5.63. The predicted molar refractivity (Wildman–Crippen MR) is 102 cm³/mol. The van der Waals surface area contributed by atoms with Gasteiger partial charge in [-0.15, -0.1) is 0 Å². The molecule has 0 aliphatic heterocycles. The number of carbonyl (C=O) groups is 1. The van der Waals surface area contributed by atoms with Crippen molar-refractivity contribution in [2.45, 2.75) is 52.2 Å². The molecule has 1 N–H and O–H groups in total. The Morgan fingerprint density at radius 1 is 1.29 bits per heavy atom. The third-order valence-electron chi connectivity index (χ3n) is 3.50. The van der Waals surface area contributed by atoms with Gasteiger partial charge in [0.05, 0.1) is 0 Å². The van der Waals surface area contributed by atoms with E-state index in [1.807, 2.05) is 32.1 Å². The molecule has 0 aromatic carbocycles. The summed E-state index contributed by atoms with van der Waals surface area (Å²) in [5.41, 5.74) is 1.06. The van der Waals surface area contributed by atoms with E-state index >= 15 is 0 Å². The Hall–Kier alpha value is -1.05. The van der Waals surface area contributed by atoms with E-state index in [1.54, 1.807) is 13.0 Å². The van der Waals surface area contributed by atoms with E-state index in [0.717, 1.165) is 28.2 Å². The van der Waals surface area contributed by atoms with Crippen LogP contribution in [0, 0.1) is 5.92 Å². The van der Waals surface area contributed by atoms with Crippen LogP contribution in [0.5, 0.6) is 0 Å². The van der Waals surface area contributed by atoms with E-state index in [-0.39, 0.29) is 24.8 Å². The lowest BCUT2D eigenvalue weighted by molar-refractivity contribution is -0.125. The Labute approximate surface area is 156 Å². The molecule has 0 heterocycles. The minimum atomic E-state index is -2.01. The van der Waals surface area contributed by atoms with Gasteiger partial charge in [0.2, 0.25) is 5.91 Å². The van der Waals surface area contributed by atoms with Crippen LogP contribution in [0.1, 0.15) is 40.0 Å². The quantitative estimate of drug-likeness (QED) is 0.324. The number of nitrogens with one attached hydrogen (secondary N) is 1. The molecule has 0 radical (unpaired) electrons. The van der Waals surface area contributed by atoms with E-state index in [2.05, 4.69) is 11.9 Å². The van der Waals surface area contributed by atoms with Gasteiger partial charge in [-0.05, 0) is 55.7 Å². The Morgan fingerprint density at radius 3 is 2.42 bits per heavy atom. The van der Waals surface area contributed by atoms with Crippen LogP contribution >= 0.6 is 22.6 Å². The largest absolute Gasteiger partial charge is 0.353 e. The average Bonchev–Trinajstić information content (AvgIpc) is 2.54. The first-order chi connectivity index (χ1) is 11.2. The normalized spacial score (nSPS) is 17.2. The van der Waals surface area contributed by atoms with Crippen LogP contribution in [0.15, 0.2) is 46.1 Å². The minimum Gasteiger partial charge on any atom is -0.353 e. The molecule has 0 aliphatic carbocycles. The highest BCUT2D eigenvalue weighted by Crippen LogP contribution is 2.24. The number of hydrogen-bond donors (Lipinski definition) is 1. The van der Waals surface area contributed by atoms with Gasteiger partial charge in [-0.1, -0.05) is 43.4 Å². The maximum Gasteiger partial charge on any atom is 0.223 e. The SMILES string of the molecule is C=C/C=C\C(=C/C)C[C@@H](C)NC(=O)[C@@H](C)CC[C@@H](F)/C(F)=C(/F)I. The summed E-state index contributed by atoms with van der Waals surface area (Å²) in [6.07, 6.45) is 5.93. The van der Waals surface area contributed by atoms with Crippen LogP contribution in [0.25, 0.3) is 0 Å². The van der Waals surface area contributed by atoms with Crippen LogP contribution in [0.3, 0.4) is 0 Å². The molecule has 0 rings (SSSR count). The monoisotopic (exact) mass is 455 g/mol. The summed E-state index contributed by atoms with van der Waals surface area (Å²) in [5.74, 6) is -2.10. The number of halogens is 4. The van der Waals surface area contributed by atoms with Gasteiger partial charge in [-0.25, -0.2) is 8.78 Å².